The van der Waals surface area contributed by atoms with Crippen molar-refractivity contribution in [3.8, 4) is 0 Å². The van der Waals surface area contributed by atoms with Gasteiger partial charge < -0.3 is 20.3 Å². The Kier molecular flexibility index (Phi) is 14.0. The topological polar surface area (TPSA) is 87.7 Å². The molecule has 0 spiro atoms. The van der Waals surface area contributed by atoms with E-state index in [1.54, 1.807) is 25.7 Å². The predicted molar refractivity (Wildman–Crippen MR) is 160 cm³/mol. The quantitative estimate of drug-likeness (QED) is 0.245. The number of benzene rings is 1. The van der Waals surface area contributed by atoms with Gasteiger partial charge in [-0.2, -0.15) is 0 Å². The molecule has 0 aliphatic heterocycles. The van der Waals surface area contributed by atoms with Gasteiger partial charge in [0.15, 0.2) is 0 Å². The van der Waals surface area contributed by atoms with Gasteiger partial charge in [0.25, 0.3) is 0 Å². The molecule has 3 atom stereocenters. The summed E-state index contributed by atoms with van der Waals surface area (Å²) in [4.78, 5) is 42.7. The molecule has 0 aliphatic carbocycles. The molecule has 1 aromatic rings. The Morgan fingerprint density at radius 1 is 0.949 bits per heavy atom. The van der Waals surface area contributed by atoms with Crippen LogP contribution in [0.3, 0.4) is 0 Å². The van der Waals surface area contributed by atoms with E-state index in [4.69, 9.17) is 4.74 Å². The molecule has 0 saturated heterocycles. The van der Waals surface area contributed by atoms with Crippen molar-refractivity contribution in [2.24, 2.45) is 5.92 Å². The minimum atomic E-state index is -0.820. The van der Waals surface area contributed by atoms with Gasteiger partial charge in [0.2, 0.25) is 11.8 Å². The number of alkyl carbamates (subject to hydrolysis) is 1. The Morgan fingerprint density at radius 3 is 2.10 bits per heavy atom. The average Bonchev–Trinajstić information content (AvgIpc) is 2.80. The van der Waals surface area contributed by atoms with Gasteiger partial charge in [-0.1, -0.05) is 89.1 Å². The number of hydrogen-bond acceptors (Lipinski definition) is 4. The maximum atomic E-state index is 14.4. The molecule has 1 rings (SSSR count). The third-order valence-electron chi connectivity index (χ3n) is 6.60. The highest BCUT2D eigenvalue weighted by Gasteiger charge is 2.38. The number of carbonyl (C=O) groups is 3. The molecule has 0 heterocycles. The van der Waals surface area contributed by atoms with E-state index in [0.29, 0.717) is 13.0 Å². The van der Waals surface area contributed by atoms with Crippen LogP contribution in [0.5, 0.6) is 0 Å². The summed E-state index contributed by atoms with van der Waals surface area (Å²) in [5.74, 6) is -0.646. The standard InChI is InChI=1S/C32H55N3O4/c1-11-13-14-15-16-17-21-35(29(37)26(24(4)12-2)33-30(38)39-32(8,9)10)27(28(36)34-31(5,6)7)25-20-18-19-23(3)22-25/h18-20,22,24,26-27H,11-17,21H2,1-10H3,(H,33,38)(H,34,36). The average molecular weight is 546 g/mol. The van der Waals surface area contributed by atoms with Crippen molar-refractivity contribution in [1.82, 2.24) is 15.5 Å². The summed E-state index contributed by atoms with van der Waals surface area (Å²) in [7, 11) is 0. The van der Waals surface area contributed by atoms with Gasteiger partial charge in [0.05, 0.1) is 0 Å². The largest absolute Gasteiger partial charge is 0.444 e. The second kappa shape index (κ2) is 15.9. The van der Waals surface area contributed by atoms with Crippen molar-refractivity contribution in [3.63, 3.8) is 0 Å². The van der Waals surface area contributed by atoms with E-state index in [0.717, 1.165) is 36.8 Å². The monoisotopic (exact) mass is 545 g/mol. The van der Waals surface area contributed by atoms with Gasteiger partial charge in [-0.25, -0.2) is 4.79 Å². The van der Waals surface area contributed by atoms with Crippen molar-refractivity contribution in [3.05, 3.63) is 35.4 Å². The molecule has 1 aromatic carbocycles. The summed E-state index contributed by atoms with van der Waals surface area (Å²) in [6.45, 7) is 19.7. The lowest BCUT2D eigenvalue weighted by molar-refractivity contribution is -0.144. The summed E-state index contributed by atoms with van der Waals surface area (Å²) >= 11 is 0. The maximum Gasteiger partial charge on any atom is 0.408 e. The molecule has 2 N–H and O–H groups in total. The number of unbranched alkanes of at least 4 members (excludes halogenated alkanes) is 5. The van der Waals surface area contributed by atoms with Crippen LogP contribution in [-0.2, 0) is 14.3 Å². The van der Waals surface area contributed by atoms with Crippen molar-refractivity contribution in [1.29, 1.82) is 0 Å². The smallest absolute Gasteiger partial charge is 0.408 e. The van der Waals surface area contributed by atoms with Crippen LogP contribution in [0.25, 0.3) is 0 Å². The fraction of sp³-hybridized carbons (Fsp3) is 0.719. The number of nitrogens with zero attached hydrogens (tertiary/aromatic N) is 1. The van der Waals surface area contributed by atoms with Gasteiger partial charge >= 0.3 is 6.09 Å². The first kappa shape index (κ1) is 34.5. The lowest BCUT2D eigenvalue weighted by atomic mass is 9.94. The molecule has 0 fully saturated rings. The fourth-order valence-corrected chi connectivity index (χ4v) is 4.48. The predicted octanol–water partition coefficient (Wildman–Crippen LogP) is 7.08. The van der Waals surface area contributed by atoms with Gasteiger partial charge in [0, 0.05) is 12.1 Å². The van der Waals surface area contributed by atoms with Gasteiger partial charge in [-0.05, 0) is 66.4 Å². The Bertz CT molecular complexity index is 917. The van der Waals surface area contributed by atoms with Gasteiger partial charge in [-0.15, -0.1) is 0 Å². The zero-order chi connectivity index (χ0) is 29.8. The number of amides is 3. The fourth-order valence-electron chi connectivity index (χ4n) is 4.48. The molecule has 3 unspecified atom stereocenters. The van der Waals surface area contributed by atoms with Crippen molar-refractivity contribution in [2.45, 2.75) is 137 Å². The normalized spacial score (nSPS) is 14.2. The molecule has 7 heteroatoms. The van der Waals surface area contributed by atoms with Crippen LogP contribution >= 0.6 is 0 Å². The van der Waals surface area contributed by atoms with Crippen LogP contribution in [0.2, 0.25) is 0 Å². The molecule has 0 saturated carbocycles. The zero-order valence-electron chi connectivity index (χ0n) is 26.3. The van der Waals surface area contributed by atoms with Crippen molar-refractivity contribution >= 4 is 17.9 Å². The minimum Gasteiger partial charge on any atom is -0.444 e. The molecule has 0 radical (unpaired) electrons. The SMILES string of the molecule is CCCCCCCCN(C(=O)C(NC(=O)OC(C)(C)C)C(C)CC)C(C(=O)NC(C)(C)C)c1cccc(C)c1. The van der Waals surface area contributed by atoms with E-state index in [9.17, 15) is 14.4 Å². The number of aryl methyl sites for hydroxylation is 1. The van der Waals surface area contributed by atoms with Gasteiger partial charge in [0.1, 0.15) is 17.7 Å². The number of carbonyl (C=O) groups excluding carboxylic acids is 3. The highest BCUT2D eigenvalue weighted by Crippen LogP contribution is 2.27. The lowest BCUT2D eigenvalue weighted by Crippen LogP contribution is -2.56. The van der Waals surface area contributed by atoms with E-state index in [1.165, 1.54) is 12.8 Å². The first-order valence-electron chi connectivity index (χ1n) is 14.8. The Hall–Kier alpha value is -2.57. The molecule has 3 amide bonds. The highest BCUT2D eigenvalue weighted by molar-refractivity contribution is 5.92. The number of nitrogens with one attached hydrogen (secondary N) is 2. The van der Waals surface area contributed by atoms with Crippen LogP contribution in [-0.4, -0.2) is 46.5 Å². The van der Waals surface area contributed by atoms with E-state index in [2.05, 4.69) is 17.6 Å². The van der Waals surface area contributed by atoms with E-state index < -0.39 is 29.3 Å². The van der Waals surface area contributed by atoms with E-state index in [-0.39, 0.29) is 17.7 Å². The molecular formula is C32H55N3O4. The summed E-state index contributed by atoms with van der Waals surface area (Å²) in [5, 5.41) is 5.94. The number of ether oxygens (including phenoxy) is 1. The second-order valence-electron chi connectivity index (χ2n) is 12.9. The molecular weight excluding hydrogens is 490 g/mol. The van der Waals surface area contributed by atoms with E-state index >= 15 is 0 Å². The third-order valence-corrected chi connectivity index (χ3v) is 6.60. The van der Waals surface area contributed by atoms with Crippen LogP contribution in [0.4, 0.5) is 4.79 Å². The lowest BCUT2D eigenvalue weighted by Gasteiger charge is -2.37. The van der Waals surface area contributed by atoms with Crippen LogP contribution in [0.15, 0.2) is 24.3 Å². The van der Waals surface area contributed by atoms with Crippen LogP contribution in [0.1, 0.15) is 124 Å². The van der Waals surface area contributed by atoms with E-state index in [1.807, 2.05) is 65.8 Å². The number of rotatable bonds is 14. The van der Waals surface area contributed by atoms with Crippen molar-refractivity contribution < 1.29 is 19.1 Å². The Balaban J connectivity index is 3.50. The molecule has 7 nitrogen and oxygen atoms in total. The highest BCUT2D eigenvalue weighted by atomic mass is 16.6. The first-order chi connectivity index (χ1) is 18.1. The summed E-state index contributed by atoms with van der Waals surface area (Å²) in [6.07, 6.45) is 6.40. The Labute approximate surface area is 237 Å². The molecule has 0 aliphatic rings. The van der Waals surface area contributed by atoms with Crippen molar-refractivity contribution in [2.75, 3.05) is 6.54 Å². The molecule has 0 aromatic heterocycles. The van der Waals surface area contributed by atoms with Crippen LogP contribution < -0.4 is 10.6 Å². The first-order valence-corrected chi connectivity index (χ1v) is 14.8. The minimum absolute atomic E-state index is 0.152. The third kappa shape index (κ3) is 12.9. The summed E-state index contributed by atoms with van der Waals surface area (Å²) < 4.78 is 5.50. The summed E-state index contributed by atoms with van der Waals surface area (Å²) in [6, 6.07) is 6.13. The van der Waals surface area contributed by atoms with Crippen LogP contribution in [0, 0.1) is 12.8 Å². The number of hydrogen-bond donors (Lipinski definition) is 2. The second-order valence-corrected chi connectivity index (χ2v) is 12.9. The molecule has 222 valence electrons. The maximum absolute atomic E-state index is 14.4. The Morgan fingerprint density at radius 2 is 1.56 bits per heavy atom. The molecule has 39 heavy (non-hydrogen) atoms. The zero-order valence-corrected chi connectivity index (χ0v) is 26.3. The molecule has 0 bridgehead atoms. The summed E-state index contributed by atoms with van der Waals surface area (Å²) in [5.41, 5.74) is 0.607. The van der Waals surface area contributed by atoms with Gasteiger partial charge in [-0.3, -0.25) is 9.59 Å².